The van der Waals surface area contributed by atoms with Gasteiger partial charge in [0.1, 0.15) is 11.6 Å². The van der Waals surface area contributed by atoms with Crippen LogP contribution in [0.3, 0.4) is 0 Å². The molecule has 0 spiro atoms. The first-order valence-corrected chi connectivity index (χ1v) is 5.84. The van der Waals surface area contributed by atoms with Gasteiger partial charge in [-0.25, -0.2) is 4.79 Å². The molecule has 4 nitrogen and oxygen atoms in total. The highest BCUT2D eigenvalue weighted by molar-refractivity contribution is 5.69. The van der Waals surface area contributed by atoms with Crippen LogP contribution in [0.5, 0.6) is 0 Å². The maximum Gasteiger partial charge on any atom is 0.410 e. The molecule has 0 aromatic rings. The first-order valence-electron chi connectivity index (χ1n) is 5.84. The van der Waals surface area contributed by atoms with Gasteiger partial charge in [-0.3, -0.25) is 0 Å². The van der Waals surface area contributed by atoms with E-state index in [1.807, 2.05) is 0 Å². The molecule has 1 rings (SSSR count). The standard InChI is InChI=1S/C11H19F3N2O2/c1-10(2,3)18-9(17)16-6-4-5-7(16)8(15)11(12,13)14/h7-8H,4-6,15H2,1-3H3. The summed E-state index contributed by atoms with van der Waals surface area (Å²) in [5, 5.41) is 0. The van der Waals surface area contributed by atoms with Gasteiger partial charge in [-0.15, -0.1) is 0 Å². The van der Waals surface area contributed by atoms with Crippen LogP contribution < -0.4 is 5.73 Å². The molecule has 2 N–H and O–H groups in total. The molecule has 0 bridgehead atoms. The van der Waals surface area contributed by atoms with Gasteiger partial charge < -0.3 is 15.4 Å². The molecule has 1 aliphatic heterocycles. The van der Waals surface area contributed by atoms with E-state index in [1.54, 1.807) is 20.8 Å². The fourth-order valence-electron chi connectivity index (χ4n) is 1.93. The van der Waals surface area contributed by atoms with Crippen LogP contribution in [0.15, 0.2) is 0 Å². The molecule has 0 aliphatic carbocycles. The summed E-state index contributed by atoms with van der Waals surface area (Å²) in [4.78, 5) is 12.9. The van der Waals surface area contributed by atoms with Gasteiger partial charge in [-0.05, 0) is 33.6 Å². The number of likely N-dealkylation sites (tertiary alicyclic amines) is 1. The molecule has 1 aliphatic rings. The molecule has 0 aromatic heterocycles. The van der Waals surface area contributed by atoms with Crippen molar-refractivity contribution in [3.05, 3.63) is 0 Å². The Hall–Kier alpha value is -0.980. The number of ether oxygens (including phenoxy) is 1. The minimum absolute atomic E-state index is 0.250. The molecule has 1 heterocycles. The van der Waals surface area contributed by atoms with Crippen LogP contribution in [-0.2, 0) is 4.74 Å². The van der Waals surface area contributed by atoms with E-state index < -0.39 is 30.0 Å². The zero-order chi connectivity index (χ0) is 14.1. The number of alkyl halides is 3. The van der Waals surface area contributed by atoms with Gasteiger partial charge in [-0.2, -0.15) is 13.2 Å². The third-order valence-electron chi connectivity index (χ3n) is 2.72. The summed E-state index contributed by atoms with van der Waals surface area (Å²) in [5.41, 5.74) is 4.44. The second kappa shape index (κ2) is 4.95. The molecule has 1 saturated heterocycles. The summed E-state index contributed by atoms with van der Waals surface area (Å²) in [6.07, 6.45) is -4.48. The highest BCUT2D eigenvalue weighted by Crippen LogP contribution is 2.30. The number of carbonyl (C=O) groups excluding carboxylic acids is 1. The van der Waals surface area contributed by atoms with Crippen LogP contribution >= 0.6 is 0 Å². The Balaban J connectivity index is 2.74. The van der Waals surface area contributed by atoms with Crippen LogP contribution in [0.2, 0.25) is 0 Å². The zero-order valence-corrected chi connectivity index (χ0v) is 10.8. The first kappa shape index (κ1) is 15.1. The van der Waals surface area contributed by atoms with Crippen molar-refractivity contribution in [1.82, 2.24) is 4.90 Å². The third-order valence-corrected chi connectivity index (χ3v) is 2.72. The SMILES string of the molecule is CC(C)(C)OC(=O)N1CCCC1C(N)C(F)(F)F. The van der Waals surface area contributed by atoms with E-state index in [2.05, 4.69) is 0 Å². The Kier molecular flexibility index (Phi) is 4.15. The summed E-state index contributed by atoms with van der Waals surface area (Å²) >= 11 is 0. The number of carbonyl (C=O) groups is 1. The third kappa shape index (κ3) is 3.76. The Morgan fingerprint density at radius 2 is 1.94 bits per heavy atom. The number of nitrogens with zero attached hydrogens (tertiary/aromatic N) is 1. The monoisotopic (exact) mass is 268 g/mol. The average molecular weight is 268 g/mol. The van der Waals surface area contributed by atoms with Gasteiger partial charge in [0.15, 0.2) is 0 Å². The van der Waals surface area contributed by atoms with E-state index in [0.29, 0.717) is 6.42 Å². The molecule has 106 valence electrons. The van der Waals surface area contributed by atoms with Crippen LogP contribution in [0, 0.1) is 0 Å². The number of hydrogen-bond acceptors (Lipinski definition) is 3. The van der Waals surface area contributed by atoms with E-state index >= 15 is 0 Å². The van der Waals surface area contributed by atoms with Crippen molar-refractivity contribution in [1.29, 1.82) is 0 Å². The lowest BCUT2D eigenvalue weighted by Gasteiger charge is -2.32. The van der Waals surface area contributed by atoms with Crippen molar-refractivity contribution in [2.24, 2.45) is 5.73 Å². The van der Waals surface area contributed by atoms with Crippen LogP contribution in [0.4, 0.5) is 18.0 Å². The van der Waals surface area contributed by atoms with Crippen molar-refractivity contribution in [3.8, 4) is 0 Å². The fraction of sp³-hybridized carbons (Fsp3) is 0.909. The van der Waals surface area contributed by atoms with Crippen molar-refractivity contribution < 1.29 is 22.7 Å². The van der Waals surface area contributed by atoms with E-state index in [0.717, 1.165) is 4.90 Å². The molecule has 0 aromatic carbocycles. The zero-order valence-electron chi connectivity index (χ0n) is 10.8. The van der Waals surface area contributed by atoms with Crippen molar-refractivity contribution in [3.63, 3.8) is 0 Å². The summed E-state index contributed by atoms with van der Waals surface area (Å²) in [6.45, 7) is 5.25. The van der Waals surface area contributed by atoms with E-state index in [4.69, 9.17) is 10.5 Å². The quantitative estimate of drug-likeness (QED) is 0.793. The number of hydrogen-bond donors (Lipinski definition) is 1. The summed E-state index contributed by atoms with van der Waals surface area (Å²) in [7, 11) is 0. The van der Waals surface area contributed by atoms with Gasteiger partial charge in [0.2, 0.25) is 0 Å². The largest absolute Gasteiger partial charge is 0.444 e. The number of halogens is 3. The topological polar surface area (TPSA) is 55.6 Å². The Morgan fingerprint density at radius 1 is 1.39 bits per heavy atom. The van der Waals surface area contributed by atoms with Crippen molar-refractivity contribution in [2.75, 3.05) is 6.54 Å². The van der Waals surface area contributed by atoms with E-state index in [9.17, 15) is 18.0 Å². The summed E-state index contributed by atoms with van der Waals surface area (Å²) in [5.74, 6) is 0. The predicted molar refractivity (Wildman–Crippen MR) is 60.0 cm³/mol. The molecule has 2 unspecified atom stereocenters. The Bertz CT molecular complexity index is 312. The lowest BCUT2D eigenvalue weighted by molar-refractivity contribution is -0.158. The lowest BCUT2D eigenvalue weighted by Crippen LogP contribution is -2.54. The van der Waals surface area contributed by atoms with Crippen molar-refractivity contribution >= 4 is 6.09 Å². The molecule has 1 amide bonds. The molecular weight excluding hydrogens is 249 g/mol. The van der Waals surface area contributed by atoms with Crippen LogP contribution in [0.1, 0.15) is 33.6 Å². The summed E-state index contributed by atoms with van der Waals surface area (Å²) < 4.78 is 42.8. The normalized spacial score (nSPS) is 23.1. The first-order chi connectivity index (χ1) is 8.02. The Labute approximate surface area is 104 Å². The predicted octanol–water partition coefficient (Wildman–Crippen LogP) is 2.28. The maximum absolute atomic E-state index is 12.6. The molecule has 0 saturated carbocycles. The molecule has 7 heteroatoms. The minimum atomic E-state index is -4.50. The van der Waals surface area contributed by atoms with Crippen molar-refractivity contribution in [2.45, 2.75) is 57.5 Å². The molecule has 0 radical (unpaired) electrons. The van der Waals surface area contributed by atoms with E-state index in [-0.39, 0.29) is 13.0 Å². The Morgan fingerprint density at radius 3 is 2.39 bits per heavy atom. The second-order valence-corrected chi connectivity index (χ2v) is 5.45. The number of nitrogens with two attached hydrogens (primary N) is 1. The van der Waals surface area contributed by atoms with Gasteiger partial charge >= 0.3 is 12.3 Å². The van der Waals surface area contributed by atoms with Crippen LogP contribution in [-0.4, -0.2) is 41.4 Å². The molecule has 1 fully saturated rings. The van der Waals surface area contributed by atoms with Gasteiger partial charge in [0.05, 0.1) is 6.04 Å². The average Bonchev–Trinajstić information content (AvgIpc) is 2.60. The highest BCUT2D eigenvalue weighted by Gasteiger charge is 2.47. The maximum atomic E-state index is 12.6. The van der Waals surface area contributed by atoms with Gasteiger partial charge in [0, 0.05) is 6.54 Å². The highest BCUT2D eigenvalue weighted by atomic mass is 19.4. The molecule has 18 heavy (non-hydrogen) atoms. The number of rotatable bonds is 1. The summed E-state index contributed by atoms with van der Waals surface area (Å²) in [6, 6.07) is -3.05. The van der Waals surface area contributed by atoms with E-state index in [1.165, 1.54) is 0 Å². The van der Waals surface area contributed by atoms with Gasteiger partial charge in [-0.1, -0.05) is 0 Å². The lowest BCUT2D eigenvalue weighted by atomic mass is 10.1. The van der Waals surface area contributed by atoms with Crippen LogP contribution in [0.25, 0.3) is 0 Å². The fourth-order valence-corrected chi connectivity index (χ4v) is 1.93. The second-order valence-electron chi connectivity index (χ2n) is 5.45. The molecular formula is C11H19F3N2O2. The molecule has 2 atom stereocenters. The smallest absolute Gasteiger partial charge is 0.410 e. The minimum Gasteiger partial charge on any atom is -0.444 e. The van der Waals surface area contributed by atoms with Gasteiger partial charge in [0.25, 0.3) is 0 Å². The number of amides is 1.